The van der Waals surface area contributed by atoms with E-state index in [1.807, 2.05) is 24.3 Å². The molecule has 0 amide bonds. The lowest BCUT2D eigenvalue weighted by atomic mass is 9.93. The molecule has 2 aromatic heterocycles. The van der Waals surface area contributed by atoms with Gasteiger partial charge in [-0.05, 0) is 60.2 Å². The molecule has 0 aliphatic rings. The van der Waals surface area contributed by atoms with E-state index in [-0.39, 0.29) is 16.7 Å². The Hall–Kier alpha value is -4.17. The van der Waals surface area contributed by atoms with Gasteiger partial charge in [-0.3, -0.25) is 9.59 Å². The largest absolute Gasteiger partial charge is 0.416 e. The Labute approximate surface area is 200 Å². The van der Waals surface area contributed by atoms with E-state index >= 15 is 0 Å². The maximum absolute atomic E-state index is 13.2. The fourth-order valence-electron chi connectivity index (χ4n) is 3.92. The number of nitrogens with zero attached hydrogens (tertiary/aromatic N) is 1. The van der Waals surface area contributed by atoms with E-state index in [9.17, 15) is 22.8 Å². The number of aromatic amines is 2. The molecule has 0 bridgehead atoms. The van der Waals surface area contributed by atoms with Crippen LogP contribution >= 0.6 is 11.6 Å². The lowest BCUT2D eigenvalue weighted by Gasteiger charge is -2.13. The average molecular weight is 494 g/mol. The van der Waals surface area contributed by atoms with E-state index in [4.69, 9.17) is 11.6 Å². The van der Waals surface area contributed by atoms with Gasteiger partial charge in [0.15, 0.2) is 5.78 Å². The van der Waals surface area contributed by atoms with E-state index in [1.54, 1.807) is 18.2 Å². The number of carbonyl (C=O) groups excluding carboxylic acids is 1. The highest BCUT2D eigenvalue weighted by atomic mass is 35.5. The number of aromatic nitrogens is 3. The Morgan fingerprint density at radius 2 is 1.69 bits per heavy atom. The van der Waals surface area contributed by atoms with Crippen LogP contribution in [0.25, 0.3) is 39.1 Å². The molecule has 0 aliphatic heterocycles. The highest BCUT2D eigenvalue weighted by molar-refractivity contribution is 6.31. The van der Waals surface area contributed by atoms with Gasteiger partial charge in [-0.1, -0.05) is 35.9 Å². The first kappa shape index (κ1) is 22.6. The zero-order chi connectivity index (χ0) is 24.7. The number of imidazole rings is 1. The lowest BCUT2D eigenvalue weighted by Crippen LogP contribution is -2.18. The maximum Gasteiger partial charge on any atom is 0.416 e. The fraction of sp³-hybridized carbons (Fsp3) is 0.0385. The second-order valence-electron chi connectivity index (χ2n) is 7.81. The first-order valence-corrected chi connectivity index (χ1v) is 10.8. The predicted molar refractivity (Wildman–Crippen MR) is 129 cm³/mol. The Balaban J connectivity index is 1.66. The van der Waals surface area contributed by atoms with Crippen molar-refractivity contribution in [1.82, 2.24) is 15.0 Å². The molecule has 5 aromatic rings. The molecule has 2 N–H and O–H groups in total. The molecule has 3 aromatic carbocycles. The molecule has 5 rings (SSSR count). The molecule has 0 saturated heterocycles. The van der Waals surface area contributed by atoms with Gasteiger partial charge in [0, 0.05) is 21.5 Å². The van der Waals surface area contributed by atoms with Crippen molar-refractivity contribution in [2.45, 2.75) is 6.18 Å². The van der Waals surface area contributed by atoms with Crippen molar-refractivity contribution in [3.8, 4) is 11.1 Å². The molecule has 2 heterocycles. The molecule has 174 valence electrons. The molecule has 0 spiro atoms. The average Bonchev–Trinajstić information content (AvgIpc) is 3.25. The van der Waals surface area contributed by atoms with Crippen LogP contribution < -0.4 is 5.56 Å². The first-order valence-electron chi connectivity index (χ1n) is 10.4. The minimum Gasteiger partial charge on any atom is -0.338 e. The van der Waals surface area contributed by atoms with E-state index in [2.05, 4.69) is 15.0 Å². The van der Waals surface area contributed by atoms with Crippen LogP contribution in [0.1, 0.15) is 21.7 Å². The summed E-state index contributed by atoms with van der Waals surface area (Å²) in [6.45, 7) is 0. The molecule has 5 nitrogen and oxygen atoms in total. The van der Waals surface area contributed by atoms with E-state index in [0.29, 0.717) is 27.3 Å². The second-order valence-corrected chi connectivity index (χ2v) is 8.24. The van der Waals surface area contributed by atoms with Gasteiger partial charge in [0.05, 0.1) is 22.2 Å². The molecule has 0 radical (unpaired) electrons. The molecular weight excluding hydrogens is 479 g/mol. The molecule has 35 heavy (non-hydrogen) atoms. The Morgan fingerprint density at radius 1 is 0.943 bits per heavy atom. The van der Waals surface area contributed by atoms with Gasteiger partial charge in [0.2, 0.25) is 0 Å². The number of ketones is 1. The minimum atomic E-state index is -4.52. The van der Waals surface area contributed by atoms with Crippen LogP contribution in [0.5, 0.6) is 0 Å². The zero-order valence-electron chi connectivity index (χ0n) is 17.8. The van der Waals surface area contributed by atoms with Crippen LogP contribution in [0.15, 0.2) is 77.6 Å². The Morgan fingerprint density at radius 3 is 2.40 bits per heavy atom. The molecule has 0 saturated carbocycles. The van der Waals surface area contributed by atoms with Gasteiger partial charge in [-0.15, -0.1) is 0 Å². The van der Waals surface area contributed by atoms with Crippen LogP contribution in [-0.4, -0.2) is 20.7 Å². The van der Waals surface area contributed by atoms with Gasteiger partial charge in [-0.2, -0.15) is 13.2 Å². The summed E-state index contributed by atoms with van der Waals surface area (Å²) in [4.78, 5) is 36.3. The van der Waals surface area contributed by atoms with Crippen molar-refractivity contribution in [3.05, 3.63) is 105 Å². The first-order chi connectivity index (χ1) is 16.7. The summed E-state index contributed by atoms with van der Waals surface area (Å²) in [5.74, 6) is -0.223. The fourth-order valence-corrected chi connectivity index (χ4v) is 4.09. The number of fused-ring (bicyclic) bond motifs is 2. The number of para-hydroxylation sites is 2. The van der Waals surface area contributed by atoms with Crippen molar-refractivity contribution in [2.24, 2.45) is 0 Å². The molecular formula is C26H15ClF3N3O2. The molecule has 0 unspecified atom stereocenters. The van der Waals surface area contributed by atoms with E-state index < -0.39 is 23.1 Å². The van der Waals surface area contributed by atoms with Crippen LogP contribution in [0.3, 0.4) is 0 Å². The third-order valence-electron chi connectivity index (χ3n) is 5.52. The Kier molecular flexibility index (Phi) is 5.53. The zero-order valence-corrected chi connectivity index (χ0v) is 18.5. The summed E-state index contributed by atoms with van der Waals surface area (Å²) in [5, 5.41) is 0.770. The highest BCUT2D eigenvalue weighted by Crippen LogP contribution is 2.35. The number of H-pyrrole nitrogens is 2. The molecule has 0 aliphatic carbocycles. The van der Waals surface area contributed by atoms with E-state index in [1.165, 1.54) is 24.3 Å². The summed E-state index contributed by atoms with van der Waals surface area (Å²) in [6, 6.07) is 16.3. The lowest BCUT2D eigenvalue weighted by molar-refractivity contribution is -0.137. The number of carbonyl (C=O) groups is 1. The highest BCUT2D eigenvalue weighted by Gasteiger charge is 2.30. The summed E-state index contributed by atoms with van der Waals surface area (Å²) in [7, 11) is 0. The standard InChI is InChI=1S/C26H15ClF3N3O2/c27-16-9-10-18-17(13-16)23(14-5-7-15(8-6-14)26(28,29)30)24(25(35)33-18)21(34)11-12-22-31-19-3-1-2-4-20(19)32-22/h1-13H,(H,31,32)(H,33,35)/b12-11+. The van der Waals surface area contributed by atoms with Gasteiger partial charge in [0.25, 0.3) is 5.56 Å². The number of pyridine rings is 1. The normalized spacial score (nSPS) is 12.1. The van der Waals surface area contributed by atoms with Crippen molar-refractivity contribution < 1.29 is 18.0 Å². The van der Waals surface area contributed by atoms with Crippen molar-refractivity contribution in [1.29, 1.82) is 0 Å². The summed E-state index contributed by atoms with van der Waals surface area (Å²) < 4.78 is 39.3. The van der Waals surface area contributed by atoms with Crippen LogP contribution in [0, 0.1) is 0 Å². The maximum atomic E-state index is 13.2. The van der Waals surface area contributed by atoms with Crippen molar-refractivity contribution >= 4 is 45.4 Å². The minimum absolute atomic E-state index is 0.194. The number of hydrogen-bond donors (Lipinski definition) is 2. The summed E-state index contributed by atoms with van der Waals surface area (Å²) >= 11 is 6.16. The summed E-state index contributed by atoms with van der Waals surface area (Å²) in [5.41, 5.74) is 0.626. The number of benzene rings is 3. The number of alkyl halides is 3. The monoisotopic (exact) mass is 493 g/mol. The van der Waals surface area contributed by atoms with Crippen molar-refractivity contribution in [3.63, 3.8) is 0 Å². The topological polar surface area (TPSA) is 78.6 Å². The molecule has 0 fully saturated rings. The van der Waals surface area contributed by atoms with Gasteiger partial charge < -0.3 is 9.97 Å². The number of halogens is 4. The molecule has 9 heteroatoms. The predicted octanol–water partition coefficient (Wildman–Crippen LogP) is 6.64. The van der Waals surface area contributed by atoms with Crippen molar-refractivity contribution in [2.75, 3.05) is 0 Å². The SMILES string of the molecule is O=C(/C=C/c1nc2ccccc2[nH]1)c1c(-c2ccc(C(F)(F)F)cc2)c2cc(Cl)ccc2[nH]c1=O. The van der Waals surface area contributed by atoms with Crippen LogP contribution in [0.2, 0.25) is 5.02 Å². The number of rotatable bonds is 4. The van der Waals surface area contributed by atoms with Gasteiger partial charge >= 0.3 is 6.18 Å². The van der Waals surface area contributed by atoms with E-state index in [0.717, 1.165) is 17.6 Å². The number of hydrogen-bond acceptors (Lipinski definition) is 3. The summed E-state index contributed by atoms with van der Waals surface area (Å²) in [6.07, 6.45) is -1.88. The second kappa shape index (κ2) is 8.56. The third-order valence-corrected chi connectivity index (χ3v) is 5.76. The van der Waals surface area contributed by atoms with Gasteiger partial charge in [0.1, 0.15) is 5.82 Å². The Bertz CT molecular complexity index is 1650. The molecule has 0 atom stereocenters. The quantitative estimate of drug-likeness (QED) is 0.217. The third kappa shape index (κ3) is 4.36. The number of allylic oxidation sites excluding steroid dienone is 1. The number of nitrogens with one attached hydrogen (secondary N) is 2. The van der Waals surface area contributed by atoms with Gasteiger partial charge in [-0.25, -0.2) is 4.98 Å². The smallest absolute Gasteiger partial charge is 0.338 e. The van der Waals surface area contributed by atoms with Crippen LogP contribution in [0.4, 0.5) is 13.2 Å². The van der Waals surface area contributed by atoms with Crippen LogP contribution in [-0.2, 0) is 6.18 Å².